The molecule has 2 aromatic heterocycles. The van der Waals surface area contributed by atoms with Crippen molar-refractivity contribution in [2.75, 3.05) is 25.1 Å². The molecule has 1 aliphatic heterocycles. The van der Waals surface area contributed by atoms with Crippen molar-refractivity contribution in [1.82, 2.24) is 14.5 Å². The molecule has 1 aliphatic carbocycles. The maximum absolute atomic E-state index is 14.7. The van der Waals surface area contributed by atoms with Crippen molar-refractivity contribution >= 4 is 21.9 Å². The Balaban J connectivity index is 1.46. The number of aromatic nitrogens is 3. The molecule has 2 aliphatic rings. The van der Waals surface area contributed by atoms with Crippen LogP contribution in [0.2, 0.25) is 0 Å². The van der Waals surface area contributed by atoms with Crippen LogP contribution in [0.25, 0.3) is 0 Å². The van der Waals surface area contributed by atoms with E-state index in [1.807, 2.05) is 10.6 Å². The molecule has 0 radical (unpaired) electrons. The van der Waals surface area contributed by atoms with Gasteiger partial charge in [-0.3, -0.25) is 8.98 Å². The Morgan fingerprint density at radius 1 is 1.44 bits per heavy atom. The van der Waals surface area contributed by atoms with E-state index in [-0.39, 0.29) is 23.6 Å². The summed E-state index contributed by atoms with van der Waals surface area (Å²) in [5.41, 5.74) is 1.80. The molecule has 1 fully saturated rings. The van der Waals surface area contributed by atoms with Crippen molar-refractivity contribution in [2.24, 2.45) is 11.1 Å². The third kappa shape index (κ3) is 5.85. The topological polar surface area (TPSA) is 159 Å². The second-order valence-corrected chi connectivity index (χ2v) is 9.55. The molecule has 4 atom stereocenters. The first kappa shape index (κ1) is 24.4. The minimum atomic E-state index is -4.22. The third-order valence-corrected chi connectivity index (χ3v) is 6.40. The van der Waals surface area contributed by atoms with E-state index in [1.54, 1.807) is 18.5 Å². The molecule has 2 aromatic rings. The highest BCUT2D eigenvalue weighted by molar-refractivity contribution is 7.84. The molecule has 0 amide bonds. The highest BCUT2D eigenvalue weighted by atomic mass is 32.2. The van der Waals surface area contributed by atoms with E-state index in [4.69, 9.17) is 9.88 Å². The number of carbonyl (C=O) groups is 1. The van der Waals surface area contributed by atoms with E-state index in [1.165, 1.54) is 18.1 Å². The molecule has 34 heavy (non-hydrogen) atoms. The van der Waals surface area contributed by atoms with Gasteiger partial charge in [0.15, 0.2) is 5.78 Å². The van der Waals surface area contributed by atoms with Crippen LogP contribution in [-0.2, 0) is 25.8 Å². The summed E-state index contributed by atoms with van der Waals surface area (Å²) in [5.74, 6) is -1.03. The molecule has 1 saturated carbocycles. The fraction of sp³-hybridized carbons (Fsp3) is 0.476. The number of hydrogen-bond donors (Lipinski definition) is 3. The highest BCUT2D eigenvalue weighted by Crippen LogP contribution is 2.32. The zero-order valence-corrected chi connectivity index (χ0v) is 19.0. The Hall–Kier alpha value is -2.71. The number of halogens is 1. The molecule has 184 valence electrons. The average molecular weight is 496 g/mol. The van der Waals surface area contributed by atoms with Gasteiger partial charge >= 0.3 is 10.3 Å². The van der Waals surface area contributed by atoms with Crippen molar-refractivity contribution in [2.45, 2.75) is 37.7 Å². The summed E-state index contributed by atoms with van der Waals surface area (Å²) in [5, 5.41) is 17.8. The quantitative estimate of drug-likeness (QED) is 0.334. The fourth-order valence-electron chi connectivity index (χ4n) is 4.14. The van der Waals surface area contributed by atoms with E-state index in [2.05, 4.69) is 19.5 Å². The summed E-state index contributed by atoms with van der Waals surface area (Å²) >= 11 is 0. The summed E-state index contributed by atoms with van der Waals surface area (Å²) in [6.45, 7) is 1.46. The Labute approximate surface area is 196 Å². The number of ketones is 1. The van der Waals surface area contributed by atoms with E-state index in [0.29, 0.717) is 25.3 Å². The number of anilines is 1. The summed E-state index contributed by atoms with van der Waals surface area (Å²) < 4.78 is 48.5. The molecule has 4 N–H and O–H groups in total. The Morgan fingerprint density at radius 3 is 3.00 bits per heavy atom. The van der Waals surface area contributed by atoms with Gasteiger partial charge in [0, 0.05) is 36.6 Å². The summed E-state index contributed by atoms with van der Waals surface area (Å²) in [7, 11) is -4.22. The van der Waals surface area contributed by atoms with Crippen LogP contribution in [0.4, 0.5) is 10.2 Å². The molecule has 0 spiro atoms. The highest BCUT2D eigenvalue weighted by Gasteiger charge is 2.44. The average Bonchev–Trinajstić information content (AvgIpc) is 3.38. The van der Waals surface area contributed by atoms with Crippen LogP contribution in [0.1, 0.15) is 28.8 Å². The van der Waals surface area contributed by atoms with Crippen molar-refractivity contribution in [3.63, 3.8) is 0 Å². The van der Waals surface area contributed by atoms with Crippen molar-refractivity contribution in [1.29, 1.82) is 0 Å². The van der Waals surface area contributed by atoms with Gasteiger partial charge < -0.3 is 19.7 Å². The predicted molar refractivity (Wildman–Crippen MR) is 119 cm³/mol. The number of nitrogens with zero attached hydrogens (tertiary/aromatic N) is 3. The van der Waals surface area contributed by atoms with Crippen LogP contribution in [0.5, 0.6) is 0 Å². The number of rotatable bonds is 9. The standard InChI is InChI=1S/C21H26FN5O6S/c22-18-17(7-15(20(18)29)11-33-34(23,30)31)26-21-16(8-24-12-25-21)19(28)14-1-4-27(10-14)9-13-2-5-32-6-3-13/h1-2,4,8,10,12,15,17-18,20,29H,3,5-7,9,11H2,(H2,23,30,31)(H,24,25,26)/t15-,17-,18-,20-/m1/s1. The maximum Gasteiger partial charge on any atom is 0.333 e. The lowest BCUT2D eigenvalue weighted by molar-refractivity contribution is 0.0501. The third-order valence-electron chi connectivity index (χ3n) is 5.93. The minimum Gasteiger partial charge on any atom is -0.390 e. The van der Waals surface area contributed by atoms with Crippen LogP contribution in [-0.4, -0.2) is 72.0 Å². The number of alkyl halides is 1. The van der Waals surface area contributed by atoms with Gasteiger partial charge in [0.05, 0.1) is 37.5 Å². The molecule has 0 saturated heterocycles. The van der Waals surface area contributed by atoms with Gasteiger partial charge in [-0.05, 0) is 18.9 Å². The molecule has 11 nitrogen and oxygen atoms in total. The van der Waals surface area contributed by atoms with Crippen molar-refractivity contribution < 1.29 is 31.6 Å². The lowest BCUT2D eigenvalue weighted by Gasteiger charge is -2.18. The SMILES string of the molecule is NS(=O)(=O)OC[C@H]1C[C@@H](Nc2ncncc2C(=O)c2ccn(CC3=CCOCC3)c2)[C@@H](F)[C@@H]1O. The van der Waals surface area contributed by atoms with Crippen LogP contribution < -0.4 is 10.5 Å². The molecule has 0 unspecified atom stereocenters. The van der Waals surface area contributed by atoms with Gasteiger partial charge in [0.2, 0.25) is 0 Å². The van der Waals surface area contributed by atoms with Gasteiger partial charge in [-0.15, -0.1) is 0 Å². The molecule has 13 heteroatoms. The molecule has 3 heterocycles. The molecular formula is C21H26FN5O6S. The minimum absolute atomic E-state index is 0.0463. The second-order valence-electron chi connectivity index (χ2n) is 8.33. The summed E-state index contributed by atoms with van der Waals surface area (Å²) in [6.07, 6.45) is 5.82. The number of aliphatic hydroxyl groups is 1. The van der Waals surface area contributed by atoms with E-state index in [0.717, 1.165) is 6.42 Å². The molecular weight excluding hydrogens is 469 g/mol. The monoisotopic (exact) mass is 495 g/mol. The maximum atomic E-state index is 14.7. The van der Waals surface area contributed by atoms with Gasteiger partial charge in [0.25, 0.3) is 0 Å². The van der Waals surface area contributed by atoms with Gasteiger partial charge in [-0.25, -0.2) is 19.5 Å². The number of ether oxygens (including phenoxy) is 1. The molecule has 4 rings (SSSR count). The van der Waals surface area contributed by atoms with E-state index in [9.17, 15) is 22.7 Å². The molecule has 0 aromatic carbocycles. The molecule has 0 bridgehead atoms. The van der Waals surface area contributed by atoms with Crippen LogP contribution in [0.15, 0.2) is 42.6 Å². The normalized spacial score (nSPS) is 25.2. The largest absolute Gasteiger partial charge is 0.390 e. The summed E-state index contributed by atoms with van der Waals surface area (Å²) in [6, 6.07) is 0.771. The van der Waals surface area contributed by atoms with Crippen molar-refractivity contribution in [3.8, 4) is 0 Å². The number of aliphatic hydroxyl groups excluding tert-OH is 1. The Morgan fingerprint density at radius 2 is 2.26 bits per heavy atom. The van der Waals surface area contributed by atoms with Crippen LogP contribution >= 0.6 is 0 Å². The van der Waals surface area contributed by atoms with E-state index < -0.39 is 41.1 Å². The fourth-order valence-corrected chi connectivity index (χ4v) is 4.50. The smallest absolute Gasteiger partial charge is 0.333 e. The number of nitrogens with two attached hydrogens (primary N) is 1. The van der Waals surface area contributed by atoms with Crippen molar-refractivity contribution in [3.05, 3.63) is 53.8 Å². The first-order chi connectivity index (χ1) is 16.2. The van der Waals surface area contributed by atoms with Gasteiger partial charge in [0.1, 0.15) is 18.3 Å². The van der Waals surface area contributed by atoms with Crippen LogP contribution in [0.3, 0.4) is 0 Å². The van der Waals surface area contributed by atoms with E-state index >= 15 is 0 Å². The number of nitrogens with one attached hydrogen (secondary N) is 1. The number of carbonyl (C=O) groups excluding carboxylic acids is 1. The zero-order chi connectivity index (χ0) is 24.3. The predicted octanol–water partition coefficient (Wildman–Crippen LogP) is 0.575. The van der Waals surface area contributed by atoms with Crippen LogP contribution in [0, 0.1) is 5.92 Å². The number of hydrogen-bond acceptors (Lipinski definition) is 9. The Bertz CT molecular complexity index is 1170. The van der Waals surface area contributed by atoms with Gasteiger partial charge in [-0.1, -0.05) is 11.6 Å². The lowest BCUT2D eigenvalue weighted by atomic mass is 10.1. The lowest BCUT2D eigenvalue weighted by Crippen LogP contribution is -2.33. The Kier molecular flexibility index (Phi) is 7.38. The zero-order valence-electron chi connectivity index (χ0n) is 18.2. The second kappa shape index (κ2) is 10.3. The first-order valence-corrected chi connectivity index (χ1v) is 12.2. The first-order valence-electron chi connectivity index (χ1n) is 10.7. The van der Waals surface area contributed by atoms with Gasteiger partial charge in [-0.2, -0.15) is 8.42 Å². The summed E-state index contributed by atoms with van der Waals surface area (Å²) in [4.78, 5) is 21.2.